The van der Waals surface area contributed by atoms with Gasteiger partial charge in [0.1, 0.15) is 28.5 Å². The lowest BCUT2D eigenvalue weighted by Crippen LogP contribution is -2.47. The maximum atomic E-state index is 13.9. The number of halogens is 5. The number of nitro groups is 3. The first kappa shape index (κ1) is 80.1. The number of carbonyl (C=O) groups is 1. The minimum Gasteiger partial charge on any atom is -0.455 e. The molecule has 105 heavy (non-hydrogen) atoms. The number of aromatic nitrogens is 2. The molecule has 0 radical (unpaired) electrons. The van der Waals surface area contributed by atoms with E-state index in [-0.39, 0.29) is 49.6 Å². The molecule has 30 nitrogen and oxygen atoms in total. The van der Waals surface area contributed by atoms with Crippen LogP contribution in [0.5, 0.6) is 11.5 Å². The number of benzene rings is 5. The van der Waals surface area contributed by atoms with E-state index in [9.17, 15) is 78.0 Å². The number of pyridine rings is 1. The number of nitrogens with zero attached hydrogens (tertiary/aromatic N) is 6. The fourth-order valence-electron chi connectivity index (χ4n) is 12.0. The zero-order chi connectivity index (χ0) is 76.2. The molecule has 4 aliphatic heterocycles. The van der Waals surface area contributed by atoms with Crippen molar-refractivity contribution >= 4 is 98.3 Å². The van der Waals surface area contributed by atoms with Crippen molar-refractivity contribution < 1.29 is 81.3 Å². The van der Waals surface area contributed by atoms with Gasteiger partial charge >= 0.3 is 11.9 Å². The summed E-state index contributed by atoms with van der Waals surface area (Å²) < 4.78 is 148. The van der Waals surface area contributed by atoms with E-state index in [1.165, 1.54) is 42.6 Å². The zero-order valence-electron chi connectivity index (χ0n) is 56.8. The molecular formula is C67H78ClF4N13O17S3. The van der Waals surface area contributed by atoms with Crippen LogP contribution >= 0.6 is 11.6 Å². The lowest BCUT2D eigenvalue weighted by atomic mass is 9.72. The molecule has 0 bridgehead atoms. The van der Waals surface area contributed by atoms with E-state index in [4.69, 9.17) is 46.6 Å². The van der Waals surface area contributed by atoms with Gasteiger partial charge in [-0.25, -0.2) is 45.2 Å². The average Bonchev–Trinajstić information content (AvgIpc) is 0.825. The highest BCUT2D eigenvalue weighted by Gasteiger charge is 2.35. The van der Waals surface area contributed by atoms with Crippen molar-refractivity contribution in [1.29, 1.82) is 0 Å². The molecule has 4 fully saturated rings. The van der Waals surface area contributed by atoms with Gasteiger partial charge in [-0.1, -0.05) is 37.1 Å². The van der Waals surface area contributed by atoms with E-state index in [1.54, 1.807) is 30.5 Å². The molecule has 566 valence electrons. The van der Waals surface area contributed by atoms with Gasteiger partial charge in [-0.15, -0.1) is 0 Å². The number of amides is 1. The number of piperazine rings is 1. The molecule has 1 amide bonds. The highest BCUT2D eigenvalue weighted by Crippen LogP contribution is 2.46. The Labute approximate surface area is 606 Å². The molecule has 3 atom stereocenters. The Morgan fingerprint density at radius 2 is 1.28 bits per heavy atom. The number of aromatic amines is 1. The van der Waals surface area contributed by atoms with Crippen molar-refractivity contribution in [3.63, 3.8) is 0 Å². The summed E-state index contributed by atoms with van der Waals surface area (Å²) in [6.07, 6.45) is 3.97. The van der Waals surface area contributed by atoms with Gasteiger partial charge in [-0.05, 0) is 140 Å². The molecule has 6 heterocycles. The third-order valence-corrected chi connectivity index (χ3v) is 21.4. The Morgan fingerprint density at radius 1 is 0.724 bits per heavy atom. The number of alkyl halides is 3. The number of fused-ring (bicyclic) bond motifs is 1. The maximum absolute atomic E-state index is 13.9. The summed E-state index contributed by atoms with van der Waals surface area (Å²) >= 11 is 6.53. The summed E-state index contributed by atoms with van der Waals surface area (Å²) in [7, 11) is -12.6. The average molecular weight is 1550 g/mol. The lowest BCUT2D eigenvalue weighted by molar-refractivity contribution is -0.387. The van der Waals surface area contributed by atoms with Crippen LogP contribution in [0.2, 0.25) is 5.02 Å². The number of nitro benzene ring substituents is 3. The fourth-order valence-corrected chi connectivity index (χ4v) is 14.4. The number of primary sulfonamides is 2. The first-order chi connectivity index (χ1) is 49.5. The minimum atomic E-state index is -4.61. The Morgan fingerprint density at radius 3 is 1.80 bits per heavy atom. The largest absolute Gasteiger partial charge is 0.455 e. The molecule has 7 aromatic rings. The summed E-state index contributed by atoms with van der Waals surface area (Å²) in [6.45, 7) is 13.4. The standard InChI is InChI=1S/C45H47ClF3N7O7S.C11H15N3O5S.C6H5FN2O4S.C5H11NO/c1-44(2)12-9-30(37(23-44)35-6-3-31(20-38(35)46)45(47,48)49)26-54-14-16-55(17-15-54)32-4-7-36(41(21-32)63-33-19-29-10-13-50-42(29)52-25-33)43(57)53-64(60,61)34-5-8-39(40(22-34)56(58)59)51-24-28-11-18-62-27-28;12-20(17,18)9-1-2-10(11(5-9)14(15)16)13-6-8-3-4-19-7-8;7-5-2-1-4(14(8,12)13)3-6(5)9(10)11;6-3-5-1-2-7-4-5/h3-8,10,13,19-22,25,28,51H,9,11-12,14-18,23-24,26-27H2,1-2H3,(H,50,52)(H,53,57);1-2,5,8,13H,3-4,6-7H2,(H2,12,17,18);1-3H,(H2,8,12,13);5H,1-4,6H2/t28-;8-;;5-/m11.1/s1. The normalized spacial score (nSPS) is 18.4. The summed E-state index contributed by atoms with van der Waals surface area (Å²) in [6, 6.07) is 21.0. The highest BCUT2D eigenvalue weighted by molar-refractivity contribution is 7.90. The molecular weight excluding hydrogens is 1470 g/mol. The molecule has 1 aliphatic carbocycles. The summed E-state index contributed by atoms with van der Waals surface area (Å²) in [4.78, 5) is 55.4. The minimum absolute atomic E-state index is 0.0469. The molecule has 4 saturated heterocycles. The van der Waals surface area contributed by atoms with Crippen molar-refractivity contribution in [3.8, 4) is 11.5 Å². The first-order valence-electron chi connectivity index (χ1n) is 32.9. The number of carbonyl (C=O) groups excluding carboxylic acids is 1. The second-order valence-electron chi connectivity index (χ2n) is 26.2. The van der Waals surface area contributed by atoms with Crippen molar-refractivity contribution in [1.82, 2.24) is 19.6 Å². The number of allylic oxidation sites excluding steroid dienone is 1. The first-order valence-corrected chi connectivity index (χ1v) is 37.9. The van der Waals surface area contributed by atoms with Gasteiger partial charge < -0.3 is 45.2 Å². The Balaban J connectivity index is 0.000000249. The number of H-pyrrole nitrogens is 1. The van der Waals surface area contributed by atoms with Crippen molar-refractivity contribution in [2.45, 2.75) is 73.2 Å². The monoisotopic (exact) mass is 1540 g/mol. The predicted molar refractivity (Wildman–Crippen MR) is 382 cm³/mol. The Kier molecular flexibility index (Phi) is 26.3. The van der Waals surface area contributed by atoms with Crippen molar-refractivity contribution in [2.24, 2.45) is 39.2 Å². The van der Waals surface area contributed by atoms with Crippen LogP contribution in [-0.4, -0.2) is 153 Å². The number of nitrogens with one attached hydrogen (secondary N) is 4. The highest BCUT2D eigenvalue weighted by atomic mass is 35.5. The summed E-state index contributed by atoms with van der Waals surface area (Å²) in [5.74, 6) is -0.663. The molecule has 0 unspecified atom stereocenters. The van der Waals surface area contributed by atoms with Crippen LogP contribution in [0.25, 0.3) is 16.6 Å². The summed E-state index contributed by atoms with van der Waals surface area (Å²) in [5, 5.41) is 49.7. The molecule has 0 saturated carbocycles. The molecule has 10 N–H and O–H groups in total. The van der Waals surface area contributed by atoms with E-state index in [0.29, 0.717) is 125 Å². The van der Waals surface area contributed by atoms with Gasteiger partial charge in [-0.2, -0.15) is 17.6 Å². The molecule has 0 spiro atoms. The molecule has 5 aromatic carbocycles. The van der Waals surface area contributed by atoms with Crippen molar-refractivity contribution in [2.75, 3.05) is 108 Å². The molecule has 38 heteroatoms. The van der Waals surface area contributed by atoms with Crippen LogP contribution in [0.15, 0.2) is 136 Å². The topological polar surface area (TPSA) is 435 Å². The van der Waals surface area contributed by atoms with E-state index >= 15 is 0 Å². The maximum Gasteiger partial charge on any atom is 0.416 e. The van der Waals surface area contributed by atoms with Crippen LogP contribution in [0.4, 0.5) is 51.7 Å². The number of anilines is 3. The second kappa shape index (κ2) is 34.5. The second-order valence-corrected chi connectivity index (χ2v) is 31.4. The number of hydrogen-bond acceptors (Lipinski definition) is 23. The van der Waals surface area contributed by atoms with Gasteiger partial charge in [0.25, 0.3) is 27.3 Å². The summed E-state index contributed by atoms with van der Waals surface area (Å²) in [5.41, 5.74) is 7.25. The van der Waals surface area contributed by atoms with E-state index < -0.39 is 89.5 Å². The van der Waals surface area contributed by atoms with Gasteiger partial charge in [0.15, 0.2) is 0 Å². The van der Waals surface area contributed by atoms with Crippen LogP contribution in [0, 0.1) is 59.3 Å². The lowest BCUT2D eigenvalue weighted by Gasteiger charge is -2.39. The van der Waals surface area contributed by atoms with Gasteiger partial charge in [0, 0.05) is 124 Å². The number of ether oxygens (including phenoxy) is 4. The van der Waals surface area contributed by atoms with Crippen LogP contribution < -0.4 is 41.0 Å². The Hall–Kier alpha value is -9.02. The van der Waals surface area contributed by atoms with E-state index in [0.717, 1.165) is 98.7 Å². The van der Waals surface area contributed by atoms with Gasteiger partial charge in [0.2, 0.25) is 25.9 Å². The molecule has 5 aliphatic rings. The van der Waals surface area contributed by atoms with Crippen LogP contribution in [-0.2, 0) is 50.5 Å². The quantitative estimate of drug-likeness (QED) is 0.0200. The van der Waals surface area contributed by atoms with Crippen LogP contribution in [0.1, 0.15) is 73.9 Å². The predicted octanol–water partition coefficient (Wildman–Crippen LogP) is 10.3. The van der Waals surface area contributed by atoms with E-state index in [1.807, 2.05) is 0 Å². The number of sulfonamides is 3. The van der Waals surface area contributed by atoms with Crippen LogP contribution in [0.3, 0.4) is 0 Å². The molecule has 12 rings (SSSR count). The van der Waals surface area contributed by atoms with Gasteiger partial charge in [-0.3, -0.25) is 40.0 Å². The third-order valence-electron chi connectivity index (χ3n) is 18.0. The smallest absolute Gasteiger partial charge is 0.416 e. The zero-order valence-corrected chi connectivity index (χ0v) is 60.0. The third kappa shape index (κ3) is 21.8. The van der Waals surface area contributed by atoms with Crippen molar-refractivity contribution in [3.05, 3.63) is 179 Å². The Bertz CT molecular complexity index is 4720. The SMILES string of the molecule is CC1(C)CCC(CN2CCN(c3ccc(C(=O)NS(=O)(=O)c4ccc(NC[C@H]5CCOC5)c([N+](=O)[O-])c4)c(Oc4cnc5[nH]ccc5c4)c3)CC2)=C(c2ccc(C(F)(F)F)cc2Cl)C1.NC[C@H]1CCOC1.NS(=O)(=O)c1ccc(F)c([N+](=O)[O-])c1.NS(=O)(=O)c1ccc(NC[C@H]2CCOC2)c([N+](=O)[O-])c1. The fraction of sp³-hybridized carbons (Fsp3) is 0.403. The number of rotatable bonds is 21. The number of nitrogens with two attached hydrogens (primary N) is 3. The van der Waals surface area contributed by atoms with Gasteiger partial charge in [0.05, 0.1) is 66.6 Å². The number of hydrogen-bond donors (Lipinski definition) is 7. The molecule has 2 aromatic heterocycles. The van der Waals surface area contributed by atoms with E-state index in [2.05, 4.69) is 49.0 Å².